The van der Waals surface area contributed by atoms with Crippen LogP contribution in [-0.2, 0) is 0 Å². The van der Waals surface area contributed by atoms with Gasteiger partial charge in [-0.05, 0) is 24.8 Å². The molecule has 0 saturated heterocycles. The van der Waals surface area contributed by atoms with Crippen LogP contribution in [0.15, 0.2) is 24.3 Å². The van der Waals surface area contributed by atoms with Crippen molar-refractivity contribution in [1.29, 1.82) is 0 Å². The molecule has 3 N–H and O–H groups in total. The van der Waals surface area contributed by atoms with E-state index in [0.29, 0.717) is 11.7 Å². The van der Waals surface area contributed by atoms with Gasteiger partial charge in [0.25, 0.3) is 0 Å². The predicted octanol–water partition coefficient (Wildman–Crippen LogP) is 2.83. The van der Waals surface area contributed by atoms with E-state index in [1.165, 1.54) is 0 Å². The zero-order valence-electron chi connectivity index (χ0n) is 8.90. The number of para-hydroxylation sites is 1. The topological polar surface area (TPSA) is 46.2 Å². The standard InChI is InChI=1S/C12H19NO/c1-9(2)7-8-11(13)10-5-3-4-6-12(10)14/h3-6,9,11,14H,7-8,13H2,1-2H3. The summed E-state index contributed by atoms with van der Waals surface area (Å²) in [5.41, 5.74) is 6.84. The zero-order valence-corrected chi connectivity index (χ0v) is 8.90. The number of phenolic OH excluding ortho intramolecular Hbond substituents is 1. The van der Waals surface area contributed by atoms with Gasteiger partial charge < -0.3 is 10.8 Å². The molecule has 0 spiro atoms. The number of hydrogen-bond donors (Lipinski definition) is 2. The van der Waals surface area contributed by atoms with Gasteiger partial charge in [-0.2, -0.15) is 0 Å². The summed E-state index contributed by atoms with van der Waals surface area (Å²) in [6, 6.07) is 7.25. The molecule has 0 aliphatic heterocycles. The molecule has 0 radical (unpaired) electrons. The fourth-order valence-electron chi connectivity index (χ4n) is 1.47. The molecular weight excluding hydrogens is 174 g/mol. The summed E-state index contributed by atoms with van der Waals surface area (Å²) in [4.78, 5) is 0. The smallest absolute Gasteiger partial charge is 0.120 e. The lowest BCUT2D eigenvalue weighted by Gasteiger charge is -2.14. The molecule has 0 heterocycles. The molecule has 0 bridgehead atoms. The third-order valence-corrected chi connectivity index (χ3v) is 2.39. The minimum atomic E-state index is -0.0430. The number of hydrogen-bond acceptors (Lipinski definition) is 2. The number of phenols is 1. The molecule has 1 aromatic carbocycles. The Hall–Kier alpha value is -1.02. The van der Waals surface area contributed by atoms with Gasteiger partial charge in [-0.15, -0.1) is 0 Å². The third-order valence-electron chi connectivity index (χ3n) is 2.39. The average Bonchev–Trinajstić information content (AvgIpc) is 2.15. The predicted molar refractivity (Wildman–Crippen MR) is 59.1 cm³/mol. The molecule has 0 aromatic heterocycles. The fraction of sp³-hybridized carbons (Fsp3) is 0.500. The van der Waals surface area contributed by atoms with E-state index in [4.69, 9.17) is 5.73 Å². The van der Waals surface area contributed by atoms with Crippen LogP contribution in [0.2, 0.25) is 0 Å². The Bertz CT molecular complexity index is 283. The molecule has 14 heavy (non-hydrogen) atoms. The molecule has 1 unspecified atom stereocenters. The lowest BCUT2D eigenvalue weighted by Crippen LogP contribution is -2.11. The fourth-order valence-corrected chi connectivity index (χ4v) is 1.47. The maximum absolute atomic E-state index is 9.57. The Balaban J connectivity index is 2.60. The van der Waals surface area contributed by atoms with Crippen molar-refractivity contribution in [3.63, 3.8) is 0 Å². The molecule has 0 aliphatic rings. The van der Waals surface area contributed by atoms with Crippen LogP contribution in [0.1, 0.15) is 38.3 Å². The van der Waals surface area contributed by atoms with Gasteiger partial charge in [-0.25, -0.2) is 0 Å². The number of aromatic hydroxyl groups is 1. The third kappa shape index (κ3) is 3.04. The van der Waals surface area contributed by atoms with Gasteiger partial charge in [-0.1, -0.05) is 32.0 Å². The highest BCUT2D eigenvalue weighted by Gasteiger charge is 2.10. The summed E-state index contributed by atoms with van der Waals surface area (Å²) in [5.74, 6) is 0.968. The second kappa shape index (κ2) is 5.01. The van der Waals surface area contributed by atoms with Crippen molar-refractivity contribution in [3.05, 3.63) is 29.8 Å². The summed E-state index contributed by atoms with van der Waals surface area (Å²) in [6.45, 7) is 4.36. The number of rotatable bonds is 4. The monoisotopic (exact) mass is 193 g/mol. The Kier molecular flexibility index (Phi) is 3.96. The second-order valence-corrected chi connectivity index (χ2v) is 4.14. The van der Waals surface area contributed by atoms with Gasteiger partial charge in [0, 0.05) is 11.6 Å². The molecule has 1 aromatic rings. The Labute approximate surface area is 85.8 Å². The summed E-state index contributed by atoms with van der Waals surface area (Å²) < 4.78 is 0. The van der Waals surface area contributed by atoms with Gasteiger partial charge in [0.1, 0.15) is 5.75 Å². The largest absolute Gasteiger partial charge is 0.508 e. The summed E-state index contributed by atoms with van der Waals surface area (Å²) in [6.07, 6.45) is 2.02. The molecular formula is C12H19NO. The molecule has 0 amide bonds. The first-order valence-electron chi connectivity index (χ1n) is 5.14. The SMILES string of the molecule is CC(C)CCC(N)c1ccccc1O. The summed E-state index contributed by atoms with van der Waals surface area (Å²) in [7, 11) is 0. The first-order chi connectivity index (χ1) is 6.61. The maximum Gasteiger partial charge on any atom is 0.120 e. The van der Waals surface area contributed by atoms with Gasteiger partial charge in [-0.3, -0.25) is 0 Å². The minimum Gasteiger partial charge on any atom is -0.508 e. The Morgan fingerprint density at radius 2 is 1.86 bits per heavy atom. The first-order valence-corrected chi connectivity index (χ1v) is 5.14. The first kappa shape index (κ1) is 11.1. The van der Waals surface area contributed by atoms with Crippen molar-refractivity contribution >= 4 is 0 Å². The van der Waals surface area contributed by atoms with Crippen molar-refractivity contribution < 1.29 is 5.11 Å². The van der Waals surface area contributed by atoms with Crippen molar-refractivity contribution in [1.82, 2.24) is 0 Å². The van der Waals surface area contributed by atoms with Crippen molar-refractivity contribution in [2.24, 2.45) is 11.7 Å². The van der Waals surface area contributed by atoms with Gasteiger partial charge >= 0.3 is 0 Å². The van der Waals surface area contributed by atoms with E-state index >= 15 is 0 Å². The lowest BCUT2D eigenvalue weighted by molar-refractivity contribution is 0.448. The molecule has 0 saturated carbocycles. The molecule has 1 rings (SSSR count). The highest BCUT2D eigenvalue weighted by molar-refractivity contribution is 5.34. The minimum absolute atomic E-state index is 0.0430. The van der Waals surface area contributed by atoms with Crippen LogP contribution < -0.4 is 5.73 Å². The van der Waals surface area contributed by atoms with Crippen LogP contribution in [0.25, 0.3) is 0 Å². The van der Waals surface area contributed by atoms with Gasteiger partial charge in [0.05, 0.1) is 0 Å². The van der Waals surface area contributed by atoms with Crippen LogP contribution in [-0.4, -0.2) is 5.11 Å². The normalized spacial score (nSPS) is 13.1. The van der Waals surface area contributed by atoms with E-state index < -0.39 is 0 Å². The van der Waals surface area contributed by atoms with Gasteiger partial charge in [0.2, 0.25) is 0 Å². The lowest BCUT2D eigenvalue weighted by atomic mass is 9.98. The molecule has 0 aliphatic carbocycles. The molecule has 78 valence electrons. The van der Waals surface area contributed by atoms with Crippen LogP contribution in [0.4, 0.5) is 0 Å². The van der Waals surface area contributed by atoms with Crippen LogP contribution in [0.3, 0.4) is 0 Å². The van der Waals surface area contributed by atoms with E-state index in [-0.39, 0.29) is 6.04 Å². The average molecular weight is 193 g/mol. The zero-order chi connectivity index (χ0) is 10.6. The summed E-state index contributed by atoms with van der Waals surface area (Å²) >= 11 is 0. The van der Waals surface area contributed by atoms with Crippen LogP contribution in [0, 0.1) is 5.92 Å². The maximum atomic E-state index is 9.57. The molecule has 0 fully saturated rings. The summed E-state index contributed by atoms with van der Waals surface area (Å²) in [5, 5.41) is 9.57. The Morgan fingerprint density at radius 1 is 1.21 bits per heavy atom. The van der Waals surface area contributed by atoms with Crippen molar-refractivity contribution in [2.45, 2.75) is 32.7 Å². The van der Waals surface area contributed by atoms with E-state index in [2.05, 4.69) is 13.8 Å². The molecule has 2 heteroatoms. The van der Waals surface area contributed by atoms with E-state index in [0.717, 1.165) is 18.4 Å². The Morgan fingerprint density at radius 3 is 2.43 bits per heavy atom. The quantitative estimate of drug-likeness (QED) is 0.772. The van der Waals surface area contributed by atoms with E-state index in [1.54, 1.807) is 6.07 Å². The van der Waals surface area contributed by atoms with Crippen molar-refractivity contribution in [2.75, 3.05) is 0 Å². The molecule has 2 nitrogen and oxygen atoms in total. The number of benzene rings is 1. The van der Waals surface area contributed by atoms with E-state index in [9.17, 15) is 5.11 Å². The number of nitrogens with two attached hydrogens (primary N) is 1. The van der Waals surface area contributed by atoms with Crippen molar-refractivity contribution in [3.8, 4) is 5.75 Å². The van der Waals surface area contributed by atoms with Gasteiger partial charge in [0.15, 0.2) is 0 Å². The molecule has 1 atom stereocenters. The van der Waals surface area contributed by atoms with E-state index in [1.807, 2.05) is 18.2 Å². The highest BCUT2D eigenvalue weighted by Crippen LogP contribution is 2.25. The van der Waals surface area contributed by atoms with Crippen LogP contribution >= 0.6 is 0 Å². The van der Waals surface area contributed by atoms with Crippen LogP contribution in [0.5, 0.6) is 5.75 Å². The second-order valence-electron chi connectivity index (χ2n) is 4.14. The highest BCUT2D eigenvalue weighted by atomic mass is 16.3.